The lowest BCUT2D eigenvalue weighted by atomic mass is 9.77. The standard InChI is InChI=1S/C22H36N2O5/c1-2-3-8-13-23-20(25)14-21(26)24-15-17-16(18-11-12-19(17)29-18)9-6-4-5-7-10-22(27)28/h4,6,16-19H,2-3,5,7-15H2,1H3,(H,23,25)(H,24,26)(H,27,28)/b6-4-/t16-,17-,18-,19-/m1/s1. The Morgan fingerprint density at radius 3 is 2.45 bits per heavy atom. The predicted molar refractivity (Wildman–Crippen MR) is 110 cm³/mol. The van der Waals surface area contributed by atoms with Crippen LogP contribution in [0.15, 0.2) is 12.2 Å². The molecule has 0 radical (unpaired) electrons. The van der Waals surface area contributed by atoms with Crippen molar-refractivity contribution in [3.05, 3.63) is 12.2 Å². The van der Waals surface area contributed by atoms with Crippen LogP contribution < -0.4 is 10.6 Å². The maximum Gasteiger partial charge on any atom is 0.303 e. The topological polar surface area (TPSA) is 105 Å². The van der Waals surface area contributed by atoms with Crippen LogP contribution in [-0.2, 0) is 19.1 Å². The molecule has 2 heterocycles. The van der Waals surface area contributed by atoms with Crippen LogP contribution in [0.4, 0.5) is 0 Å². The Hall–Kier alpha value is -1.89. The fraction of sp³-hybridized carbons (Fsp3) is 0.773. The predicted octanol–water partition coefficient (Wildman–Crippen LogP) is 2.79. The highest BCUT2D eigenvalue weighted by Crippen LogP contribution is 2.44. The van der Waals surface area contributed by atoms with Gasteiger partial charge in [-0.2, -0.15) is 0 Å². The fourth-order valence-corrected chi connectivity index (χ4v) is 4.33. The first-order valence-electron chi connectivity index (χ1n) is 11.1. The molecular formula is C22H36N2O5. The third-order valence-corrected chi connectivity index (χ3v) is 5.89. The van der Waals surface area contributed by atoms with Crippen LogP contribution in [0.2, 0.25) is 0 Å². The summed E-state index contributed by atoms with van der Waals surface area (Å²) in [6.45, 7) is 3.28. The highest BCUT2D eigenvalue weighted by Gasteiger charge is 2.47. The van der Waals surface area contributed by atoms with Gasteiger partial charge >= 0.3 is 5.97 Å². The number of nitrogens with one attached hydrogen (secondary N) is 2. The van der Waals surface area contributed by atoms with Crippen LogP contribution in [0.3, 0.4) is 0 Å². The minimum atomic E-state index is -0.759. The molecule has 3 N–H and O–H groups in total. The van der Waals surface area contributed by atoms with Crippen molar-refractivity contribution < 1.29 is 24.2 Å². The van der Waals surface area contributed by atoms with Gasteiger partial charge in [0.15, 0.2) is 0 Å². The summed E-state index contributed by atoms with van der Waals surface area (Å²) in [5, 5.41) is 14.4. The lowest BCUT2D eigenvalue weighted by molar-refractivity contribution is -0.137. The SMILES string of the molecule is CCCCCNC(=O)CC(=O)NC[C@@H]1[C@@H](C/C=C\CCCC(=O)O)[C@H]2CC[C@H]1O2. The van der Waals surface area contributed by atoms with Gasteiger partial charge in [0.05, 0.1) is 12.2 Å². The van der Waals surface area contributed by atoms with E-state index in [0.29, 0.717) is 25.4 Å². The van der Waals surface area contributed by atoms with Crippen molar-refractivity contribution in [2.75, 3.05) is 13.1 Å². The second-order valence-electron chi connectivity index (χ2n) is 8.15. The zero-order valence-corrected chi connectivity index (χ0v) is 17.5. The van der Waals surface area contributed by atoms with E-state index in [2.05, 4.69) is 23.6 Å². The summed E-state index contributed by atoms with van der Waals surface area (Å²) in [7, 11) is 0. The van der Waals surface area contributed by atoms with Gasteiger partial charge in [0.1, 0.15) is 6.42 Å². The number of fused-ring (bicyclic) bond motifs is 2. The van der Waals surface area contributed by atoms with Crippen molar-refractivity contribution in [1.29, 1.82) is 0 Å². The molecule has 0 aromatic carbocycles. The molecule has 2 rings (SSSR count). The largest absolute Gasteiger partial charge is 0.481 e. The molecule has 164 valence electrons. The van der Waals surface area contributed by atoms with Gasteiger partial charge < -0.3 is 20.5 Å². The Morgan fingerprint density at radius 1 is 1.00 bits per heavy atom. The van der Waals surface area contributed by atoms with E-state index in [1.54, 1.807) is 0 Å². The first-order valence-corrected chi connectivity index (χ1v) is 11.1. The number of hydrogen-bond donors (Lipinski definition) is 3. The number of carboxylic acid groups (broad SMARTS) is 1. The summed E-state index contributed by atoms with van der Waals surface area (Å²) < 4.78 is 6.05. The van der Waals surface area contributed by atoms with Crippen LogP contribution in [0, 0.1) is 11.8 Å². The van der Waals surface area contributed by atoms with Gasteiger partial charge in [-0.3, -0.25) is 14.4 Å². The summed E-state index contributed by atoms with van der Waals surface area (Å²) in [6, 6.07) is 0. The van der Waals surface area contributed by atoms with Crippen molar-refractivity contribution in [2.45, 2.75) is 83.3 Å². The average molecular weight is 409 g/mol. The second kappa shape index (κ2) is 12.6. The molecule has 0 aromatic rings. The molecular weight excluding hydrogens is 372 g/mol. The lowest BCUT2D eigenvalue weighted by Gasteiger charge is -2.27. The van der Waals surface area contributed by atoms with Gasteiger partial charge in [-0.15, -0.1) is 0 Å². The Labute approximate surface area is 173 Å². The Bertz CT molecular complexity index is 578. The van der Waals surface area contributed by atoms with E-state index in [-0.39, 0.29) is 42.8 Å². The molecule has 7 nitrogen and oxygen atoms in total. The van der Waals surface area contributed by atoms with E-state index in [0.717, 1.165) is 44.9 Å². The van der Waals surface area contributed by atoms with Crippen LogP contribution in [-0.4, -0.2) is 48.2 Å². The van der Waals surface area contributed by atoms with Crippen molar-refractivity contribution >= 4 is 17.8 Å². The number of carboxylic acids is 1. The molecule has 4 atom stereocenters. The van der Waals surface area contributed by atoms with Crippen molar-refractivity contribution in [1.82, 2.24) is 10.6 Å². The van der Waals surface area contributed by atoms with Crippen LogP contribution in [0.5, 0.6) is 0 Å². The molecule has 2 fully saturated rings. The van der Waals surface area contributed by atoms with Crippen molar-refractivity contribution in [3.63, 3.8) is 0 Å². The number of rotatable bonds is 14. The summed E-state index contributed by atoms with van der Waals surface area (Å²) in [5.41, 5.74) is 0. The minimum Gasteiger partial charge on any atom is -0.481 e. The number of ether oxygens (including phenoxy) is 1. The fourth-order valence-electron chi connectivity index (χ4n) is 4.33. The van der Waals surface area contributed by atoms with Crippen LogP contribution in [0.25, 0.3) is 0 Å². The summed E-state index contributed by atoms with van der Waals surface area (Å²) in [4.78, 5) is 34.5. The van der Waals surface area contributed by atoms with Gasteiger partial charge in [-0.05, 0) is 44.4 Å². The monoisotopic (exact) mass is 408 g/mol. The quantitative estimate of drug-likeness (QED) is 0.233. The number of aliphatic carboxylic acids is 1. The van der Waals surface area contributed by atoms with E-state index in [9.17, 15) is 14.4 Å². The van der Waals surface area contributed by atoms with Crippen LogP contribution >= 0.6 is 0 Å². The third-order valence-electron chi connectivity index (χ3n) is 5.89. The molecule has 2 aliphatic heterocycles. The second-order valence-corrected chi connectivity index (χ2v) is 8.15. The summed E-state index contributed by atoms with van der Waals surface area (Å²) >= 11 is 0. The molecule has 7 heteroatoms. The van der Waals surface area contributed by atoms with E-state index in [4.69, 9.17) is 9.84 Å². The molecule has 29 heavy (non-hydrogen) atoms. The molecule has 0 saturated carbocycles. The van der Waals surface area contributed by atoms with E-state index in [1.807, 2.05) is 6.08 Å². The lowest BCUT2D eigenvalue weighted by Crippen LogP contribution is -2.39. The number of carbonyl (C=O) groups is 3. The highest BCUT2D eigenvalue weighted by molar-refractivity contribution is 5.96. The Morgan fingerprint density at radius 2 is 1.72 bits per heavy atom. The molecule has 2 bridgehead atoms. The molecule has 2 aliphatic rings. The Balaban J connectivity index is 1.69. The highest BCUT2D eigenvalue weighted by atomic mass is 16.5. The van der Waals surface area contributed by atoms with Gasteiger partial charge in [-0.1, -0.05) is 31.9 Å². The van der Waals surface area contributed by atoms with Crippen LogP contribution in [0.1, 0.15) is 71.1 Å². The molecule has 0 aliphatic carbocycles. The van der Waals surface area contributed by atoms with E-state index >= 15 is 0 Å². The van der Waals surface area contributed by atoms with Gasteiger partial charge in [0, 0.05) is 25.4 Å². The summed E-state index contributed by atoms with van der Waals surface area (Å²) in [5.74, 6) is -0.570. The molecule has 0 spiro atoms. The third kappa shape index (κ3) is 8.17. The zero-order chi connectivity index (χ0) is 21.1. The zero-order valence-electron chi connectivity index (χ0n) is 17.5. The maximum absolute atomic E-state index is 12.1. The number of amides is 2. The van der Waals surface area contributed by atoms with E-state index in [1.165, 1.54) is 0 Å². The molecule has 0 unspecified atom stereocenters. The first kappa shape index (κ1) is 23.4. The minimum absolute atomic E-state index is 0.123. The van der Waals surface area contributed by atoms with E-state index < -0.39 is 5.97 Å². The number of hydrogen-bond acceptors (Lipinski definition) is 4. The summed E-state index contributed by atoms with van der Waals surface area (Å²) in [6.07, 6.45) is 12.2. The number of unbranched alkanes of at least 4 members (excludes halogenated alkanes) is 3. The number of carbonyl (C=O) groups excluding carboxylic acids is 2. The Kier molecular flexibility index (Phi) is 10.2. The molecule has 2 saturated heterocycles. The maximum atomic E-state index is 12.1. The molecule has 2 amide bonds. The normalized spacial score (nSPS) is 25.4. The average Bonchev–Trinajstić information content (AvgIpc) is 3.28. The molecule has 0 aromatic heterocycles. The number of allylic oxidation sites excluding steroid dienone is 2. The smallest absolute Gasteiger partial charge is 0.303 e. The van der Waals surface area contributed by atoms with Gasteiger partial charge in [-0.25, -0.2) is 0 Å². The van der Waals surface area contributed by atoms with Crippen molar-refractivity contribution in [3.8, 4) is 0 Å². The van der Waals surface area contributed by atoms with Gasteiger partial charge in [0.25, 0.3) is 0 Å². The van der Waals surface area contributed by atoms with Gasteiger partial charge in [0.2, 0.25) is 11.8 Å². The van der Waals surface area contributed by atoms with Crippen molar-refractivity contribution in [2.24, 2.45) is 11.8 Å². The first-order chi connectivity index (χ1) is 14.0.